The highest BCUT2D eigenvalue weighted by Crippen LogP contribution is 2.07. The van der Waals surface area contributed by atoms with Crippen LogP contribution in [0.15, 0.2) is 24.3 Å². The van der Waals surface area contributed by atoms with Gasteiger partial charge in [0, 0.05) is 11.6 Å². The Bertz CT molecular complexity index is 237. The first-order chi connectivity index (χ1) is 5.25. The van der Waals surface area contributed by atoms with Crippen LogP contribution in [0.25, 0.3) is 0 Å². The number of nitrogens with one attached hydrogen (secondary N) is 1. The van der Waals surface area contributed by atoms with Gasteiger partial charge >= 0.3 is 0 Å². The van der Waals surface area contributed by atoms with Gasteiger partial charge in [0.15, 0.2) is 5.69 Å². The summed E-state index contributed by atoms with van der Waals surface area (Å²) >= 11 is 0. The highest BCUT2D eigenvalue weighted by molar-refractivity contribution is 5.37. The van der Waals surface area contributed by atoms with Gasteiger partial charge in [0.2, 0.25) is 0 Å². The minimum absolute atomic E-state index is 0.275. The largest absolute Gasteiger partial charge is 0.595 e. The molecule has 0 spiro atoms. The smallest absolute Gasteiger partial charge is 0.166 e. The Labute approximate surface area is 65.7 Å². The Morgan fingerprint density at radius 1 is 1.36 bits per heavy atom. The molecule has 3 nitrogen and oxygen atoms in total. The lowest BCUT2D eigenvalue weighted by atomic mass is 10.2. The molecular formula is C8H11NO2. The Balaban J connectivity index is 2.93. The second-order valence-electron chi connectivity index (χ2n) is 2.31. The van der Waals surface area contributed by atoms with Crippen LogP contribution in [-0.2, 0) is 4.84 Å². The van der Waals surface area contributed by atoms with E-state index in [1.54, 1.807) is 6.07 Å². The van der Waals surface area contributed by atoms with Gasteiger partial charge < -0.3 is 5.21 Å². The van der Waals surface area contributed by atoms with Crippen molar-refractivity contribution < 1.29 is 10.1 Å². The van der Waals surface area contributed by atoms with E-state index in [0.29, 0.717) is 5.69 Å². The van der Waals surface area contributed by atoms with Gasteiger partial charge in [-0.15, -0.1) is 0 Å². The summed E-state index contributed by atoms with van der Waals surface area (Å²) < 4.78 is 0. The zero-order valence-corrected chi connectivity index (χ0v) is 6.63. The van der Waals surface area contributed by atoms with E-state index in [1.165, 1.54) is 7.11 Å². The predicted octanol–water partition coefficient (Wildman–Crippen LogP) is 0.571. The van der Waals surface area contributed by atoms with Gasteiger partial charge in [-0.1, -0.05) is 18.2 Å². The summed E-state index contributed by atoms with van der Waals surface area (Å²) in [5, 5.41) is 10.7. The van der Waals surface area contributed by atoms with Crippen LogP contribution in [0.1, 0.15) is 5.56 Å². The van der Waals surface area contributed by atoms with Crippen molar-refractivity contribution in [2.45, 2.75) is 6.92 Å². The first-order valence-corrected chi connectivity index (χ1v) is 3.39. The molecule has 0 fully saturated rings. The summed E-state index contributed by atoms with van der Waals surface area (Å²) in [6.07, 6.45) is 0. The van der Waals surface area contributed by atoms with Gasteiger partial charge in [0.25, 0.3) is 0 Å². The molecule has 1 aromatic carbocycles. The molecular weight excluding hydrogens is 142 g/mol. The maximum Gasteiger partial charge on any atom is 0.166 e. The Kier molecular flexibility index (Phi) is 2.59. The van der Waals surface area contributed by atoms with Crippen LogP contribution in [-0.4, -0.2) is 7.11 Å². The molecule has 60 valence electrons. The Morgan fingerprint density at radius 2 is 2.00 bits per heavy atom. The van der Waals surface area contributed by atoms with E-state index in [-0.39, 0.29) is 5.23 Å². The molecule has 0 bridgehead atoms. The molecule has 1 atom stereocenters. The summed E-state index contributed by atoms with van der Waals surface area (Å²) in [7, 11) is 1.38. The van der Waals surface area contributed by atoms with Crippen molar-refractivity contribution in [1.82, 2.24) is 0 Å². The van der Waals surface area contributed by atoms with E-state index < -0.39 is 0 Å². The maximum atomic E-state index is 11.0. The van der Waals surface area contributed by atoms with Crippen molar-refractivity contribution in [2.75, 3.05) is 7.11 Å². The van der Waals surface area contributed by atoms with E-state index >= 15 is 0 Å². The van der Waals surface area contributed by atoms with Crippen molar-refractivity contribution in [1.29, 1.82) is 0 Å². The van der Waals surface area contributed by atoms with E-state index in [2.05, 4.69) is 4.84 Å². The molecule has 0 amide bonds. The highest BCUT2D eigenvalue weighted by Gasteiger charge is 2.03. The van der Waals surface area contributed by atoms with Crippen LogP contribution in [0.5, 0.6) is 0 Å². The summed E-state index contributed by atoms with van der Waals surface area (Å²) in [6, 6.07) is 7.34. The SMILES string of the molecule is CO[NH+]([O-])c1ccccc1C. The standard InChI is InChI=1S/C8H11NO2/c1-7-5-3-4-6-8(7)9(10)11-2/h3-6,9H,1-2H3. The third kappa shape index (κ3) is 1.77. The minimum Gasteiger partial charge on any atom is -0.595 e. The third-order valence-electron chi connectivity index (χ3n) is 1.55. The molecule has 0 aliphatic carbocycles. The van der Waals surface area contributed by atoms with Crippen molar-refractivity contribution >= 4 is 5.69 Å². The fraction of sp³-hybridized carbons (Fsp3) is 0.250. The molecule has 1 N–H and O–H groups in total. The van der Waals surface area contributed by atoms with Crippen LogP contribution in [0.2, 0.25) is 0 Å². The van der Waals surface area contributed by atoms with Crippen molar-refractivity contribution in [3.63, 3.8) is 0 Å². The first kappa shape index (κ1) is 8.20. The summed E-state index contributed by atoms with van der Waals surface area (Å²) in [5.74, 6) is 0. The molecule has 0 aliphatic heterocycles. The highest BCUT2D eigenvalue weighted by atomic mass is 16.9. The molecule has 0 aliphatic rings. The second kappa shape index (κ2) is 3.48. The van der Waals surface area contributed by atoms with Crippen LogP contribution in [0.4, 0.5) is 5.69 Å². The molecule has 0 saturated heterocycles. The van der Waals surface area contributed by atoms with Gasteiger partial charge in [-0.3, -0.25) is 0 Å². The molecule has 1 unspecified atom stereocenters. The van der Waals surface area contributed by atoms with Crippen LogP contribution < -0.4 is 5.23 Å². The molecule has 0 heterocycles. The number of benzene rings is 1. The molecule has 1 rings (SSSR count). The quantitative estimate of drug-likeness (QED) is 0.631. The minimum atomic E-state index is -0.275. The van der Waals surface area contributed by atoms with Gasteiger partial charge in [-0.2, -0.15) is 5.23 Å². The first-order valence-electron chi connectivity index (χ1n) is 3.39. The average molecular weight is 153 g/mol. The third-order valence-corrected chi connectivity index (χ3v) is 1.55. The molecule has 3 heteroatoms. The summed E-state index contributed by atoms with van der Waals surface area (Å²) in [6.45, 7) is 1.88. The van der Waals surface area contributed by atoms with Crippen LogP contribution in [0.3, 0.4) is 0 Å². The Hall–Kier alpha value is -0.900. The van der Waals surface area contributed by atoms with Crippen molar-refractivity contribution in [2.24, 2.45) is 0 Å². The number of quaternary nitrogens is 1. The fourth-order valence-corrected chi connectivity index (χ4v) is 0.912. The Morgan fingerprint density at radius 3 is 2.55 bits per heavy atom. The fourth-order valence-electron chi connectivity index (χ4n) is 0.912. The average Bonchev–Trinajstić information content (AvgIpc) is 2.04. The van der Waals surface area contributed by atoms with Crippen LogP contribution >= 0.6 is 0 Å². The normalized spacial score (nSPS) is 13.0. The molecule has 11 heavy (non-hydrogen) atoms. The van der Waals surface area contributed by atoms with Crippen molar-refractivity contribution in [3.05, 3.63) is 35.0 Å². The molecule has 0 radical (unpaired) electrons. The van der Waals surface area contributed by atoms with Gasteiger partial charge in [-0.05, 0) is 6.92 Å². The van der Waals surface area contributed by atoms with E-state index in [1.807, 2.05) is 25.1 Å². The monoisotopic (exact) mass is 153 g/mol. The van der Waals surface area contributed by atoms with Gasteiger partial charge in [-0.25, -0.2) is 4.84 Å². The predicted molar refractivity (Wildman–Crippen MR) is 42.2 cm³/mol. The topological polar surface area (TPSA) is 36.7 Å². The van der Waals surface area contributed by atoms with E-state index in [0.717, 1.165) is 5.56 Å². The summed E-state index contributed by atoms with van der Waals surface area (Å²) in [5.41, 5.74) is 1.58. The lowest BCUT2D eigenvalue weighted by Crippen LogP contribution is -3.00. The van der Waals surface area contributed by atoms with Crippen LogP contribution in [0, 0.1) is 12.1 Å². The second-order valence-corrected chi connectivity index (χ2v) is 2.31. The molecule has 0 saturated carbocycles. The number of rotatable bonds is 2. The van der Waals surface area contributed by atoms with Gasteiger partial charge in [0.1, 0.15) is 0 Å². The number of hydrogen-bond acceptors (Lipinski definition) is 2. The van der Waals surface area contributed by atoms with Crippen molar-refractivity contribution in [3.8, 4) is 0 Å². The molecule has 1 aromatic rings. The maximum absolute atomic E-state index is 11.0. The number of hydrogen-bond donors (Lipinski definition) is 1. The lowest BCUT2D eigenvalue weighted by molar-refractivity contribution is -0.992. The zero-order chi connectivity index (χ0) is 8.27. The molecule has 0 aromatic heterocycles. The lowest BCUT2D eigenvalue weighted by Gasteiger charge is -2.17. The number of aryl methyl sites for hydroxylation is 1. The zero-order valence-electron chi connectivity index (χ0n) is 6.63. The summed E-state index contributed by atoms with van der Waals surface area (Å²) in [4.78, 5) is 4.58. The van der Waals surface area contributed by atoms with E-state index in [9.17, 15) is 5.21 Å². The van der Waals surface area contributed by atoms with E-state index in [4.69, 9.17) is 0 Å². The van der Waals surface area contributed by atoms with Gasteiger partial charge in [0.05, 0.1) is 7.11 Å².